The van der Waals surface area contributed by atoms with Crippen molar-refractivity contribution in [2.45, 2.75) is 31.3 Å². The fourth-order valence-electron chi connectivity index (χ4n) is 3.35. The molecular formula is C22H23ClN2O3. The van der Waals surface area contributed by atoms with Gasteiger partial charge in [-0.2, -0.15) is 0 Å². The molecule has 1 aliphatic rings. The average molecular weight is 399 g/mol. The summed E-state index contributed by atoms with van der Waals surface area (Å²) < 4.78 is 20.4. The van der Waals surface area contributed by atoms with Crippen molar-refractivity contribution in [3.63, 3.8) is 0 Å². The lowest BCUT2D eigenvalue weighted by Gasteiger charge is -2.28. The lowest BCUT2D eigenvalue weighted by molar-refractivity contribution is -0.184. The second-order valence-corrected chi connectivity index (χ2v) is 7.38. The SMILES string of the molecule is Clc1ccc(OCC2COC(CCc3ccccc3)(Cn3ccnc3)O2)cc1. The van der Waals surface area contributed by atoms with Gasteiger partial charge in [-0.15, -0.1) is 0 Å². The Morgan fingerprint density at radius 2 is 1.96 bits per heavy atom. The predicted octanol–water partition coefficient (Wildman–Crippen LogP) is 4.36. The Hall–Kier alpha value is -2.34. The molecule has 1 aliphatic heterocycles. The molecule has 1 aromatic heterocycles. The fraction of sp³-hybridized carbons (Fsp3) is 0.318. The zero-order valence-corrected chi connectivity index (χ0v) is 16.3. The Kier molecular flexibility index (Phi) is 5.95. The molecule has 2 aromatic carbocycles. The Morgan fingerprint density at radius 3 is 2.71 bits per heavy atom. The van der Waals surface area contributed by atoms with Crippen LogP contribution >= 0.6 is 11.6 Å². The van der Waals surface area contributed by atoms with E-state index in [0.717, 1.165) is 18.6 Å². The molecule has 0 saturated carbocycles. The summed E-state index contributed by atoms with van der Waals surface area (Å²) in [6, 6.07) is 17.7. The van der Waals surface area contributed by atoms with Crippen molar-refractivity contribution in [2.24, 2.45) is 0 Å². The number of hydrogen-bond donors (Lipinski definition) is 0. The molecule has 2 unspecified atom stereocenters. The van der Waals surface area contributed by atoms with Crippen molar-refractivity contribution >= 4 is 11.6 Å². The third-order valence-electron chi connectivity index (χ3n) is 4.78. The quantitative estimate of drug-likeness (QED) is 0.565. The molecule has 0 spiro atoms. The molecule has 6 heteroatoms. The molecule has 28 heavy (non-hydrogen) atoms. The maximum atomic E-state index is 6.37. The molecule has 0 bridgehead atoms. The van der Waals surface area contributed by atoms with Crippen molar-refractivity contribution in [3.8, 4) is 5.75 Å². The first kappa shape index (κ1) is 19.0. The van der Waals surface area contributed by atoms with E-state index in [-0.39, 0.29) is 6.10 Å². The Bertz CT molecular complexity index is 855. The van der Waals surface area contributed by atoms with Crippen molar-refractivity contribution in [1.82, 2.24) is 9.55 Å². The highest BCUT2D eigenvalue weighted by Gasteiger charge is 2.42. The van der Waals surface area contributed by atoms with Crippen LogP contribution in [-0.4, -0.2) is 34.7 Å². The first-order chi connectivity index (χ1) is 13.7. The van der Waals surface area contributed by atoms with Gasteiger partial charge in [-0.05, 0) is 36.2 Å². The summed E-state index contributed by atoms with van der Waals surface area (Å²) in [7, 11) is 0. The van der Waals surface area contributed by atoms with Gasteiger partial charge >= 0.3 is 0 Å². The zero-order valence-electron chi connectivity index (χ0n) is 15.5. The summed E-state index contributed by atoms with van der Waals surface area (Å²) in [5.41, 5.74) is 1.26. The molecule has 4 rings (SSSR count). The lowest BCUT2D eigenvalue weighted by atomic mass is 10.0. The van der Waals surface area contributed by atoms with E-state index in [1.807, 2.05) is 41.1 Å². The van der Waals surface area contributed by atoms with Crippen LogP contribution in [0.5, 0.6) is 5.75 Å². The summed E-state index contributed by atoms with van der Waals surface area (Å²) in [5.74, 6) is 0.0780. The highest BCUT2D eigenvalue weighted by Crippen LogP contribution is 2.31. The molecular weight excluding hydrogens is 376 g/mol. The van der Waals surface area contributed by atoms with Crippen molar-refractivity contribution in [3.05, 3.63) is 83.9 Å². The van der Waals surface area contributed by atoms with Gasteiger partial charge in [0.05, 0.1) is 19.5 Å². The van der Waals surface area contributed by atoms with Gasteiger partial charge in [0, 0.05) is 23.8 Å². The van der Waals surface area contributed by atoms with Gasteiger partial charge in [-0.25, -0.2) is 4.98 Å². The normalized spacial score (nSPS) is 21.7. The number of halogens is 1. The van der Waals surface area contributed by atoms with E-state index in [1.165, 1.54) is 5.56 Å². The summed E-state index contributed by atoms with van der Waals surface area (Å²) >= 11 is 5.92. The van der Waals surface area contributed by atoms with Crippen LogP contribution in [0.25, 0.3) is 0 Å². The predicted molar refractivity (Wildman–Crippen MR) is 107 cm³/mol. The number of benzene rings is 2. The number of nitrogens with zero attached hydrogens (tertiary/aromatic N) is 2. The van der Waals surface area contributed by atoms with E-state index in [4.69, 9.17) is 25.8 Å². The largest absolute Gasteiger partial charge is 0.491 e. The summed E-state index contributed by atoms with van der Waals surface area (Å²) in [6.07, 6.45) is 6.98. The summed E-state index contributed by atoms with van der Waals surface area (Å²) in [4.78, 5) is 4.13. The number of aryl methyl sites for hydroxylation is 1. The van der Waals surface area contributed by atoms with Crippen LogP contribution < -0.4 is 4.74 Å². The van der Waals surface area contributed by atoms with Crippen molar-refractivity contribution < 1.29 is 14.2 Å². The maximum Gasteiger partial charge on any atom is 0.187 e. The van der Waals surface area contributed by atoms with E-state index < -0.39 is 5.79 Å². The van der Waals surface area contributed by atoms with E-state index >= 15 is 0 Å². The topological polar surface area (TPSA) is 45.5 Å². The monoisotopic (exact) mass is 398 g/mol. The standard InChI is InChI=1S/C22H23ClN2O3/c23-19-6-8-20(9-7-19)26-14-21-15-27-22(28-21,16-25-13-12-24-17-25)11-10-18-4-2-1-3-5-18/h1-9,12-13,17,21H,10-11,14-16H2. The first-order valence-corrected chi connectivity index (χ1v) is 9.78. The van der Waals surface area contributed by atoms with E-state index in [0.29, 0.717) is 24.8 Å². The first-order valence-electron chi connectivity index (χ1n) is 9.41. The molecule has 3 aromatic rings. The zero-order chi connectivity index (χ0) is 19.2. The molecule has 5 nitrogen and oxygen atoms in total. The van der Waals surface area contributed by atoms with Crippen LogP contribution in [0.4, 0.5) is 0 Å². The number of imidazole rings is 1. The van der Waals surface area contributed by atoms with Crippen LogP contribution in [0.1, 0.15) is 12.0 Å². The molecule has 2 heterocycles. The molecule has 146 valence electrons. The minimum atomic E-state index is -0.690. The van der Waals surface area contributed by atoms with Gasteiger partial charge in [-0.3, -0.25) is 0 Å². The van der Waals surface area contributed by atoms with Crippen LogP contribution in [0.2, 0.25) is 5.02 Å². The summed E-state index contributed by atoms with van der Waals surface area (Å²) in [6.45, 7) is 1.52. The van der Waals surface area contributed by atoms with E-state index in [1.54, 1.807) is 12.5 Å². The molecule has 0 amide bonds. The third kappa shape index (κ3) is 4.93. The fourth-order valence-corrected chi connectivity index (χ4v) is 3.48. The van der Waals surface area contributed by atoms with Gasteiger partial charge < -0.3 is 18.8 Å². The minimum Gasteiger partial charge on any atom is -0.491 e. The van der Waals surface area contributed by atoms with E-state index in [9.17, 15) is 0 Å². The minimum absolute atomic E-state index is 0.130. The smallest absolute Gasteiger partial charge is 0.187 e. The molecule has 2 atom stereocenters. The second kappa shape index (κ2) is 8.78. The van der Waals surface area contributed by atoms with Crippen molar-refractivity contribution in [1.29, 1.82) is 0 Å². The number of hydrogen-bond acceptors (Lipinski definition) is 4. The number of ether oxygens (including phenoxy) is 3. The molecule has 1 saturated heterocycles. The van der Waals surface area contributed by atoms with Gasteiger partial charge in [0.1, 0.15) is 18.5 Å². The maximum absolute atomic E-state index is 6.37. The molecule has 1 fully saturated rings. The van der Waals surface area contributed by atoms with Gasteiger partial charge in [0.2, 0.25) is 0 Å². The molecule has 0 aliphatic carbocycles. The van der Waals surface area contributed by atoms with Gasteiger partial charge in [0.25, 0.3) is 0 Å². The van der Waals surface area contributed by atoms with E-state index in [2.05, 4.69) is 29.2 Å². The highest BCUT2D eigenvalue weighted by atomic mass is 35.5. The second-order valence-electron chi connectivity index (χ2n) is 6.95. The third-order valence-corrected chi connectivity index (χ3v) is 5.04. The van der Waals surface area contributed by atoms with Gasteiger partial charge in [-0.1, -0.05) is 41.9 Å². The molecule has 0 N–H and O–H groups in total. The van der Waals surface area contributed by atoms with Crippen LogP contribution in [0.15, 0.2) is 73.3 Å². The molecule has 0 radical (unpaired) electrons. The number of rotatable bonds is 8. The van der Waals surface area contributed by atoms with Crippen LogP contribution in [0, 0.1) is 0 Å². The highest BCUT2D eigenvalue weighted by molar-refractivity contribution is 6.30. The Morgan fingerprint density at radius 1 is 1.14 bits per heavy atom. The summed E-state index contributed by atoms with van der Waals surface area (Å²) in [5, 5.41) is 0.688. The van der Waals surface area contributed by atoms with Crippen LogP contribution in [-0.2, 0) is 22.4 Å². The van der Waals surface area contributed by atoms with Crippen molar-refractivity contribution in [2.75, 3.05) is 13.2 Å². The number of aromatic nitrogens is 2. The van der Waals surface area contributed by atoms with Gasteiger partial charge in [0.15, 0.2) is 5.79 Å². The Labute approximate surface area is 169 Å². The average Bonchev–Trinajstić information content (AvgIpc) is 3.38. The lowest BCUT2D eigenvalue weighted by Crippen LogP contribution is -2.37. The van der Waals surface area contributed by atoms with Crippen LogP contribution in [0.3, 0.4) is 0 Å². The Balaban J connectivity index is 1.40.